The van der Waals surface area contributed by atoms with E-state index in [1.807, 2.05) is 19.1 Å². The monoisotopic (exact) mass is 303 g/mol. The van der Waals surface area contributed by atoms with E-state index in [0.717, 1.165) is 29.7 Å². The first-order chi connectivity index (χ1) is 10.8. The van der Waals surface area contributed by atoms with Crippen molar-refractivity contribution in [2.24, 2.45) is 0 Å². The predicted molar refractivity (Wildman–Crippen MR) is 83.0 cm³/mol. The van der Waals surface area contributed by atoms with E-state index in [1.165, 1.54) is 12.7 Å². The summed E-state index contributed by atoms with van der Waals surface area (Å²) in [5.41, 5.74) is 1.64. The molecule has 6 nitrogen and oxygen atoms in total. The maximum atomic E-state index is 9.03. The summed E-state index contributed by atoms with van der Waals surface area (Å²) >= 11 is 0. The molecule has 118 valence electrons. The quantitative estimate of drug-likeness (QED) is 0.755. The van der Waals surface area contributed by atoms with Gasteiger partial charge in [-0.2, -0.15) is 0 Å². The molecule has 0 bridgehead atoms. The van der Waals surface area contributed by atoms with Gasteiger partial charge in [0.2, 0.25) is 0 Å². The van der Waals surface area contributed by atoms with Crippen LogP contribution < -0.4 is 9.47 Å². The molecule has 0 saturated carbocycles. The van der Waals surface area contributed by atoms with Gasteiger partial charge < -0.3 is 14.6 Å². The summed E-state index contributed by atoms with van der Waals surface area (Å²) in [5, 5.41) is 9.03. The molecular weight excluding hydrogens is 282 g/mol. The molecule has 1 heterocycles. The van der Waals surface area contributed by atoms with Gasteiger partial charge in [0.05, 0.1) is 18.8 Å². The molecule has 0 unspecified atom stereocenters. The van der Waals surface area contributed by atoms with Gasteiger partial charge in [0.1, 0.15) is 30.8 Å². The number of nitrogens with zero attached hydrogens (tertiary/aromatic N) is 3. The Balaban J connectivity index is 2.35. The fourth-order valence-electron chi connectivity index (χ4n) is 2.04. The number of benzene rings is 1. The molecule has 1 aromatic heterocycles. The molecule has 0 atom stereocenters. The summed E-state index contributed by atoms with van der Waals surface area (Å²) in [7, 11) is 0. The fourth-order valence-corrected chi connectivity index (χ4v) is 2.04. The van der Waals surface area contributed by atoms with Crippen LogP contribution in [-0.2, 0) is 0 Å². The van der Waals surface area contributed by atoms with Crippen molar-refractivity contribution in [3.05, 3.63) is 30.4 Å². The Hall–Kier alpha value is -2.21. The number of aromatic nitrogens is 3. The summed E-state index contributed by atoms with van der Waals surface area (Å²) in [6.07, 6.45) is 4.97. The zero-order valence-electron chi connectivity index (χ0n) is 13.0. The molecule has 6 heteroatoms. The van der Waals surface area contributed by atoms with Crippen LogP contribution >= 0.6 is 0 Å². The smallest absolute Gasteiger partial charge is 0.166 e. The topological polar surface area (TPSA) is 77.4 Å². The van der Waals surface area contributed by atoms with E-state index in [9.17, 15) is 0 Å². The van der Waals surface area contributed by atoms with Gasteiger partial charge in [0.25, 0.3) is 0 Å². The van der Waals surface area contributed by atoms with Crippen LogP contribution in [0.15, 0.2) is 24.8 Å². The first kappa shape index (κ1) is 16.2. The highest BCUT2D eigenvalue weighted by atomic mass is 16.5. The number of ether oxygens (including phenoxy) is 2. The summed E-state index contributed by atoms with van der Waals surface area (Å²) in [6, 6.07) is 3.77. The highest BCUT2D eigenvalue weighted by Crippen LogP contribution is 2.36. The molecule has 0 spiro atoms. The zero-order valence-corrected chi connectivity index (χ0v) is 13.0. The minimum Gasteiger partial charge on any atom is -0.493 e. The molecular formula is C16H21N3O3. The zero-order chi connectivity index (χ0) is 15.8. The third-order valence-corrected chi connectivity index (χ3v) is 3.18. The molecule has 0 amide bonds. The molecule has 22 heavy (non-hydrogen) atoms. The van der Waals surface area contributed by atoms with Crippen molar-refractivity contribution in [3.63, 3.8) is 0 Å². The second-order valence-electron chi connectivity index (χ2n) is 4.80. The van der Waals surface area contributed by atoms with Gasteiger partial charge in [0, 0.05) is 5.56 Å². The molecule has 1 aromatic carbocycles. The Labute approximate surface area is 130 Å². The number of rotatable bonds is 8. The van der Waals surface area contributed by atoms with Gasteiger partial charge in [-0.1, -0.05) is 13.3 Å². The SMILES string of the molecule is CCCCOc1ccc(-c2ncncn2)c(OCCO)c1C. The standard InChI is InChI=1S/C16H21N3O3/c1-3-4-8-21-14-6-5-13(16-18-10-17-11-19-16)15(12(14)2)22-9-7-20/h5-6,10-11,20H,3-4,7-9H2,1-2H3. The average Bonchev–Trinajstić information content (AvgIpc) is 2.56. The molecule has 2 aromatic rings. The van der Waals surface area contributed by atoms with Gasteiger partial charge >= 0.3 is 0 Å². The summed E-state index contributed by atoms with van der Waals surface area (Å²) < 4.78 is 11.5. The minimum absolute atomic E-state index is 0.0585. The average molecular weight is 303 g/mol. The number of hydrogen-bond donors (Lipinski definition) is 1. The Morgan fingerprint density at radius 1 is 1.09 bits per heavy atom. The van der Waals surface area contributed by atoms with Crippen LogP contribution in [-0.4, -0.2) is 39.9 Å². The summed E-state index contributed by atoms with van der Waals surface area (Å²) in [6.45, 7) is 4.87. The van der Waals surface area contributed by atoms with E-state index >= 15 is 0 Å². The molecule has 0 aliphatic rings. The summed E-state index contributed by atoms with van der Waals surface area (Å²) in [5.74, 6) is 1.94. The molecule has 1 N–H and O–H groups in total. The maximum absolute atomic E-state index is 9.03. The Morgan fingerprint density at radius 2 is 1.86 bits per heavy atom. The lowest BCUT2D eigenvalue weighted by atomic mass is 10.1. The molecule has 0 aliphatic carbocycles. The number of hydrogen-bond acceptors (Lipinski definition) is 6. The van der Waals surface area contributed by atoms with E-state index in [1.54, 1.807) is 0 Å². The Kier molecular flexibility index (Phi) is 6.09. The van der Waals surface area contributed by atoms with Crippen molar-refractivity contribution < 1.29 is 14.6 Å². The molecule has 0 radical (unpaired) electrons. The summed E-state index contributed by atoms with van der Waals surface area (Å²) in [4.78, 5) is 12.1. The van der Waals surface area contributed by atoms with Crippen LogP contribution in [0.25, 0.3) is 11.4 Å². The van der Waals surface area contributed by atoms with Gasteiger partial charge in [-0.25, -0.2) is 15.0 Å². The van der Waals surface area contributed by atoms with E-state index in [2.05, 4.69) is 21.9 Å². The minimum atomic E-state index is -0.0585. The first-order valence-corrected chi connectivity index (χ1v) is 7.40. The van der Waals surface area contributed by atoms with Crippen LogP contribution in [0.1, 0.15) is 25.3 Å². The van der Waals surface area contributed by atoms with E-state index < -0.39 is 0 Å². The highest BCUT2D eigenvalue weighted by molar-refractivity contribution is 5.68. The number of aliphatic hydroxyl groups is 1. The van der Waals surface area contributed by atoms with Crippen LogP contribution in [0.2, 0.25) is 0 Å². The number of unbranched alkanes of at least 4 members (excludes halogenated alkanes) is 1. The number of aliphatic hydroxyl groups excluding tert-OH is 1. The largest absolute Gasteiger partial charge is 0.493 e. The van der Waals surface area contributed by atoms with Crippen LogP contribution in [0.4, 0.5) is 0 Å². The van der Waals surface area contributed by atoms with Crippen molar-refractivity contribution in [1.82, 2.24) is 15.0 Å². The van der Waals surface area contributed by atoms with Crippen LogP contribution in [0, 0.1) is 6.92 Å². The van der Waals surface area contributed by atoms with Crippen molar-refractivity contribution >= 4 is 0 Å². The second-order valence-corrected chi connectivity index (χ2v) is 4.80. The van der Waals surface area contributed by atoms with Crippen molar-refractivity contribution in [2.75, 3.05) is 19.8 Å². The molecule has 2 rings (SSSR count). The highest BCUT2D eigenvalue weighted by Gasteiger charge is 2.15. The van der Waals surface area contributed by atoms with E-state index in [0.29, 0.717) is 18.2 Å². The van der Waals surface area contributed by atoms with Gasteiger partial charge in [-0.05, 0) is 25.5 Å². The Morgan fingerprint density at radius 3 is 2.55 bits per heavy atom. The molecule has 0 aliphatic heterocycles. The predicted octanol–water partition coefficient (Wildman–Crippen LogP) is 2.40. The van der Waals surface area contributed by atoms with Crippen molar-refractivity contribution in [3.8, 4) is 22.9 Å². The van der Waals surface area contributed by atoms with E-state index in [-0.39, 0.29) is 13.2 Å². The first-order valence-electron chi connectivity index (χ1n) is 7.40. The third-order valence-electron chi connectivity index (χ3n) is 3.18. The maximum Gasteiger partial charge on any atom is 0.166 e. The van der Waals surface area contributed by atoms with Crippen molar-refractivity contribution in [2.45, 2.75) is 26.7 Å². The third kappa shape index (κ3) is 3.92. The lowest BCUT2D eigenvalue weighted by Gasteiger charge is -2.16. The lowest BCUT2D eigenvalue weighted by Crippen LogP contribution is -2.07. The second kappa shape index (κ2) is 8.29. The Bertz CT molecular complexity index is 591. The molecule has 0 fully saturated rings. The fraction of sp³-hybridized carbons (Fsp3) is 0.438. The van der Waals surface area contributed by atoms with Gasteiger partial charge in [0.15, 0.2) is 5.82 Å². The van der Waals surface area contributed by atoms with Gasteiger partial charge in [-0.3, -0.25) is 0 Å². The molecule has 0 saturated heterocycles. The van der Waals surface area contributed by atoms with Gasteiger partial charge in [-0.15, -0.1) is 0 Å². The lowest BCUT2D eigenvalue weighted by molar-refractivity contribution is 0.200. The van der Waals surface area contributed by atoms with Crippen LogP contribution in [0.3, 0.4) is 0 Å². The normalized spacial score (nSPS) is 10.5. The van der Waals surface area contributed by atoms with E-state index in [4.69, 9.17) is 14.6 Å². The van der Waals surface area contributed by atoms with Crippen LogP contribution in [0.5, 0.6) is 11.5 Å². The van der Waals surface area contributed by atoms with Crippen molar-refractivity contribution in [1.29, 1.82) is 0 Å².